The molecule has 4 rings (SSSR count). The predicted molar refractivity (Wildman–Crippen MR) is 125 cm³/mol. The Morgan fingerprint density at radius 3 is 2.47 bits per heavy atom. The highest BCUT2D eigenvalue weighted by atomic mass is 32.2. The molecule has 1 N–H and O–H groups in total. The van der Waals surface area contributed by atoms with E-state index in [9.17, 15) is 8.42 Å². The van der Waals surface area contributed by atoms with Gasteiger partial charge in [0, 0.05) is 6.07 Å². The van der Waals surface area contributed by atoms with Crippen LogP contribution in [0.3, 0.4) is 0 Å². The summed E-state index contributed by atoms with van der Waals surface area (Å²) in [6.07, 6.45) is 0. The zero-order valence-corrected chi connectivity index (χ0v) is 19.2. The van der Waals surface area contributed by atoms with Crippen molar-refractivity contribution in [1.29, 1.82) is 0 Å². The predicted octanol–water partition coefficient (Wildman–Crippen LogP) is 4.52. The Bertz CT molecular complexity index is 1390. The largest absolute Gasteiger partial charge is 0.497 e. The Balaban J connectivity index is 1.69. The number of nitrogens with one attached hydrogen (secondary N) is 1. The fraction of sp³-hybridized carbons (Fsp3) is 0.208. The smallest absolute Gasteiger partial charge is 0.265 e. The van der Waals surface area contributed by atoms with Gasteiger partial charge in [-0.3, -0.25) is 9.40 Å². The number of methoxy groups -OCH3 is 2. The molecule has 4 aromatic rings. The van der Waals surface area contributed by atoms with Crippen molar-refractivity contribution in [2.45, 2.75) is 25.3 Å². The standard InChI is InChI=1S/C24H25N3O4S/c1-16-24(26-32(28,29)23-14-20(30-3)12-13-22(23)31-4)17(2)27(25-16)15-19-10-7-9-18-8-5-6-11-21(18)19/h5-14,26H,15H2,1-4H3. The molecule has 0 fully saturated rings. The fourth-order valence-electron chi connectivity index (χ4n) is 3.77. The van der Waals surface area contributed by atoms with Crippen molar-refractivity contribution in [2.75, 3.05) is 18.9 Å². The Hall–Kier alpha value is -3.52. The Morgan fingerprint density at radius 2 is 1.72 bits per heavy atom. The summed E-state index contributed by atoms with van der Waals surface area (Å²) < 4.78 is 41.4. The van der Waals surface area contributed by atoms with Crippen LogP contribution in [0.4, 0.5) is 5.69 Å². The van der Waals surface area contributed by atoms with Crippen LogP contribution in [0.25, 0.3) is 10.8 Å². The van der Waals surface area contributed by atoms with Crippen LogP contribution in [-0.2, 0) is 16.6 Å². The van der Waals surface area contributed by atoms with Crippen LogP contribution in [0.1, 0.15) is 17.0 Å². The van der Waals surface area contributed by atoms with E-state index >= 15 is 0 Å². The number of sulfonamides is 1. The number of rotatable bonds is 7. The second-order valence-electron chi connectivity index (χ2n) is 7.46. The molecule has 8 heteroatoms. The van der Waals surface area contributed by atoms with E-state index in [-0.39, 0.29) is 10.6 Å². The first kappa shape index (κ1) is 21.7. The molecule has 32 heavy (non-hydrogen) atoms. The minimum absolute atomic E-state index is 0.0000431. The lowest BCUT2D eigenvalue weighted by Crippen LogP contribution is -2.15. The van der Waals surface area contributed by atoms with E-state index in [1.807, 2.05) is 29.8 Å². The van der Waals surface area contributed by atoms with Gasteiger partial charge in [-0.2, -0.15) is 5.10 Å². The number of nitrogens with zero attached hydrogens (tertiary/aromatic N) is 2. The molecule has 0 aliphatic carbocycles. The molecule has 166 valence electrons. The van der Waals surface area contributed by atoms with Gasteiger partial charge in [-0.1, -0.05) is 42.5 Å². The summed E-state index contributed by atoms with van der Waals surface area (Å²) in [5, 5.41) is 6.89. The van der Waals surface area contributed by atoms with Gasteiger partial charge >= 0.3 is 0 Å². The number of hydrogen-bond acceptors (Lipinski definition) is 5. The summed E-state index contributed by atoms with van der Waals surface area (Å²) in [7, 11) is -1.02. The minimum Gasteiger partial charge on any atom is -0.497 e. The van der Waals surface area contributed by atoms with Crippen LogP contribution < -0.4 is 14.2 Å². The molecule has 0 saturated carbocycles. The monoisotopic (exact) mass is 451 g/mol. The molecule has 1 aromatic heterocycles. The van der Waals surface area contributed by atoms with E-state index < -0.39 is 10.0 Å². The highest BCUT2D eigenvalue weighted by molar-refractivity contribution is 7.92. The molecule has 1 heterocycles. The van der Waals surface area contributed by atoms with Gasteiger partial charge in [-0.15, -0.1) is 0 Å². The summed E-state index contributed by atoms with van der Waals surface area (Å²) in [4.78, 5) is -0.0000431. The maximum absolute atomic E-state index is 13.2. The van der Waals surface area contributed by atoms with Crippen molar-refractivity contribution in [3.8, 4) is 11.5 Å². The number of benzene rings is 3. The van der Waals surface area contributed by atoms with Crippen molar-refractivity contribution in [2.24, 2.45) is 0 Å². The number of ether oxygens (including phenoxy) is 2. The van der Waals surface area contributed by atoms with E-state index in [4.69, 9.17) is 9.47 Å². The molecule has 3 aromatic carbocycles. The molecule has 0 spiro atoms. The molecular formula is C24H25N3O4S. The quantitative estimate of drug-likeness (QED) is 0.447. The molecule has 0 aliphatic heterocycles. The van der Waals surface area contributed by atoms with Gasteiger partial charge in [0.05, 0.1) is 37.8 Å². The van der Waals surface area contributed by atoms with Gasteiger partial charge in [-0.05, 0) is 42.3 Å². The second kappa shape index (κ2) is 8.55. The first-order valence-corrected chi connectivity index (χ1v) is 11.6. The van der Waals surface area contributed by atoms with Gasteiger partial charge in [0.1, 0.15) is 16.4 Å². The lowest BCUT2D eigenvalue weighted by atomic mass is 10.0. The van der Waals surface area contributed by atoms with E-state index in [1.54, 1.807) is 19.1 Å². The second-order valence-corrected chi connectivity index (χ2v) is 9.11. The number of aryl methyl sites for hydroxylation is 1. The Kier molecular flexibility index (Phi) is 5.80. The van der Waals surface area contributed by atoms with Crippen molar-refractivity contribution in [1.82, 2.24) is 9.78 Å². The SMILES string of the molecule is COc1ccc(OC)c(S(=O)(=O)Nc2c(C)nn(Cc3cccc4ccccc34)c2C)c1. The van der Waals surface area contributed by atoms with Crippen LogP contribution in [0, 0.1) is 13.8 Å². The van der Waals surface area contributed by atoms with Gasteiger partial charge < -0.3 is 9.47 Å². The van der Waals surface area contributed by atoms with Gasteiger partial charge in [-0.25, -0.2) is 8.42 Å². The highest BCUT2D eigenvalue weighted by Crippen LogP contribution is 2.31. The maximum atomic E-state index is 13.2. The first-order chi connectivity index (χ1) is 15.3. The van der Waals surface area contributed by atoms with Crippen molar-refractivity contribution >= 4 is 26.5 Å². The summed E-state index contributed by atoms with van der Waals surface area (Å²) in [6.45, 7) is 4.16. The molecule has 0 unspecified atom stereocenters. The topological polar surface area (TPSA) is 82.4 Å². The Morgan fingerprint density at radius 1 is 0.969 bits per heavy atom. The zero-order valence-electron chi connectivity index (χ0n) is 18.4. The number of hydrogen-bond donors (Lipinski definition) is 1. The van der Waals surface area contributed by atoms with Crippen LogP contribution in [0.2, 0.25) is 0 Å². The molecule has 0 bridgehead atoms. The van der Waals surface area contributed by atoms with Gasteiger partial charge in [0.2, 0.25) is 0 Å². The lowest BCUT2D eigenvalue weighted by molar-refractivity contribution is 0.392. The van der Waals surface area contributed by atoms with Crippen LogP contribution in [0.5, 0.6) is 11.5 Å². The molecule has 0 amide bonds. The number of aromatic nitrogens is 2. The fourth-order valence-corrected chi connectivity index (χ4v) is 5.14. The molecule has 0 aliphatic rings. The average molecular weight is 452 g/mol. The van der Waals surface area contributed by atoms with Crippen molar-refractivity contribution < 1.29 is 17.9 Å². The molecule has 0 atom stereocenters. The van der Waals surface area contributed by atoms with E-state index in [1.165, 1.54) is 20.3 Å². The van der Waals surface area contributed by atoms with Crippen LogP contribution in [-0.4, -0.2) is 32.4 Å². The third kappa shape index (κ3) is 4.01. The summed E-state index contributed by atoms with van der Waals surface area (Å²) in [5.74, 6) is 0.656. The van der Waals surface area contributed by atoms with Gasteiger partial charge in [0.15, 0.2) is 0 Å². The highest BCUT2D eigenvalue weighted by Gasteiger charge is 2.24. The third-order valence-electron chi connectivity index (χ3n) is 5.48. The molecule has 0 saturated heterocycles. The van der Waals surface area contributed by atoms with Crippen molar-refractivity contribution in [3.05, 3.63) is 77.6 Å². The van der Waals surface area contributed by atoms with Crippen LogP contribution >= 0.6 is 0 Å². The maximum Gasteiger partial charge on any atom is 0.265 e. The number of fused-ring (bicyclic) bond motifs is 1. The zero-order chi connectivity index (χ0) is 22.9. The third-order valence-corrected chi connectivity index (χ3v) is 6.85. The number of anilines is 1. The summed E-state index contributed by atoms with van der Waals surface area (Å²) in [6, 6.07) is 19.0. The Labute approximate surface area is 187 Å². The molecule has 0 radical (unpaired) electrons. The normalized spacial score (nSPS) is 11.5. The summed E-state index contributed by atoms with van der Waals surface area (Å²) >= 11 is 0. The lowest BCUT2D eigenvalue weighted by Gasteiger charge is -2.13. The minimum atomic E-state index is -3.94. The van der Waals surface area contributed by atoms with Gasteiger partial charge in [0.25, 0.3) is 10.0 Å². The first-order valence-electron chi connectivity index (χ1n) is 10.1. The average Bonchev–Trinajstić information content (AvgIpc) is 3.05. The van der Waals surface area contributed by atoms with Crippen LogP contribution in [0.15, 0.2) is 65.6 Å². The summed E-state index contributed by atoms with van der Waals surface area (Å²) in [5.41, 5.74) is 2.88. The molecule has 7 nitrogen and oxygen atoms in total. The van der Waals surface area contributed by atoms with E-state index in [0.717, 1.165) is 22.0 Å². The van der Waals surface area contributed by atoms with E-state index in [0.29, 0.717) is 23.7 Å². The molecular weight excluding hydrogens is 426 g/mol. The van der Waals surface area contributed by atoms with Crippen molar-refractivity contribution in [3.63, 3.8) is 0 Å². The van der Waals surface area contributed by atoms with E-state index in [2.05, 4.69) is 34.1 Å².